The molecule has 2 aromatic rings. The molecule has 1 aromatic carbocycles. The highest BCUT2D eigenvalue weighted by Gasteiger charge is 2.15. The molecule has 0 saturated carbocycles. The van der Waals surface area contributed by atoms with E-state index in [1.165, 1.54) is 7.05 Å². The van der Waals surface area contributed by atoms with Gasteiger partial charge in [-0.3, -0.25) is 0 Å². The first-order valence-electron chi connectivity index (χ1n) is 5.90. The molecule has 0 atom stereocenters. The Kier molecular flexibility index (Phi) is 4.09. The highest BCUT2D eigenvalue weighted by molar-refractivity contribution is 6.30. The van der Waals surface area contributed by atoms with Gasteiger partial charge in [0.15, 0.2) is 17.5 Å². The van der Waals surface area contributed by atoms with E-state index in [4.69, 9.17) is 16.3 Å². The first-order chi connectivity index (χ1) is 9.42. The Morgan fingerprint density at radius 1 is 1.10 bits per heavy atom. The van der Waals surface area contributed by atoms with Gasteiger partial charge in [0, 0.05) is 18.1 Å². The van der Waals surface area contributed by atoms with Crippen molar-refractivity contribution in [1.82, 2.24) is 4.98 Å². The van der Waals surface area contributed by atoms with E-state index in [9.17, 15) is 8.78 Å². The lowest BCUT2D eigenvalue weighted by molar-refractivity contribution is 0.413. The Labute approximate surface area is 120 Å². The van der Waals surface area contributed by atoms with Gasteiger partial charge in [0.1, 0.15) is 5.75 Å². The van der Waals surface area contributed by atoms with Crippen LogP contribution >= 0.6 is 11.6 Å². The summed E-state index contributed by atoms with van der Waals surface area (Å²) in [6.45, 7) is 3.57. The number of anilines is 1. The van der Waals surface area contributed by atoms with Crippen LogP contribution in [0, 0.1) is 25.5 Å². The maximum Gasteiger partial charge on any atom is 0.258 e. The number of nitrogens with one attached hydrogen (secondary N) is 1. The Morgan fingerprint density at radius 2 is 1.70 bits per heavy atom. The smallest absolute Gasteiger partial charge is 0.258 e. The van der Waals surface area contributed by atoms with Crippen LogP contribution in [0.5, 0.6) is 11.6 Å². The molecule has 0 aliphatic carbocycles. The largest absolute Gasteiger partial charge is 0.436 e. The standard InChI is InChI=1S/C14H13ClF2N2O/c1-7-4-9(15)5-8(2)12(7)20-14-11(17)6-10(16)13(18-3)19-14/h4-6H,1-3H3,(H,18,19). The van der Waals surface area contributed by atoms with Crippen LogP contribution in [0.15, 0.2) is 18.2 Å². The lowest BCUT2D eigenvalue weighted by Gasteiger charge is -2.13. The fraction of sp³-hybridized carbons (Fsp3) is 0.214. The number of nitrogens with zero attached hydrogens (tertiary/aromatic N) is 1. The summed E-state index contributed by atoms with van der Waals surface area (Å²) in [5.41, 5.74) is 1.48. The highest BCUT2D eigenvalue weighted by Crippen LogP contribution is 2.32. The van der Waals surface area contributed by atoms with Crippen molar-refractivity contribution in [3.63, 3.8) is 0 Å². The summed E-state index contributed by atoms with van der Waals surface area (Å²) in [4.78, 5) is 3.77. The SMILES string of the molecule is CNc1nc(Oc2c(C)cc(Cl)cc2C)c(F)cc1F. The number of ether oxygens (including phenoxy) is 1. The van der Waals surface area contributed by atoms with Gasteiger partial charge in [-0.25, -0.2) is 8.78 Å². The minimum absolute atomic E-state index is 0.0781. The Hall–Kier alpha value is -1.88. The highest BCUT2D eigenvalue weighted by atomic mass is 35.5. The van der Waals surface area contributed by atoms with Crippen molar-refractivity contribution in [3.8, 4) is 11.6 Å². The second-order valence-corrected chi connectivity index (χ2v) is 4.76. The second kappa shape index (κ2) is 5.63. The molecule has 20 heavy (non-hydrogen) atoms. The topological polar surface area (TPSA) is 34.2 Å². The summed E-state index contributed by atoms with van der Waals surface area (Å²) in [5, 5.41) is 3.10. The van der Waals surface area contributed by atoms with Crippen LogP contribution in [0.1, 0.15) is 11.1 Å². The normalized spacial score (nSPS) is 10.5. The maximum atomic E-state index is 13.7. The monoisotopic (exact) mass is 298 g/mol. The third-order valence-corrected chi connectivity index (χ3v) is 2.98. The second-order valence-electron chi connectivity index (χ2n) is 4.33. The van der Waals surface area contributed by atoms with E-state index < -0.39 is 11.6 Å². The van der Waals surface area contributed by atoms with E-state index in [2.05, 4.69) is 10.3 Å². The first-order valence-corrected chi connectivity index (χ1v) is 6.28. The van der Waals surface area contributed by atoms with Crippen molar-refractivity contribution in [2.75, 3.05) is 12.4 Å². The van der Waals surface area contributed by atoms with Crippen molar-refractivity contribution in [3.05, 3.63) is 46.0 Å². The van der Waals surface area contributed by atoms with E-state index in [1.54, 1.807) is 26.0 Å². The zero-order valence-electron chi connectivity index (χ0n) is 11.2. The molecule has 3 nitrogen and oxygen atoms in total. The van der Waals surface area contributed by atoms with Crippen LogP contribution in [-0.2, 0) is 0 Å². The summed E-state index contributed by atoms with van der Waals surface area (Å²) < 4.78 is 32.5. The minimum atomic E-state index is -0.866. The molecule has 106 valence electrons. The number of hydrogen-bond donors (Lipinski definition) is 1. The number of benzene rings is 1. The van der Waals surface area contributed by atoms with E-state index in [1.807, 2.05) is 0 Å². The number of hydrogen-bond acceptors (Lipinski definition) is 3. The summed E-state index contributed by atoms with van der Waals surface area (Å²) in [6, 6.07) is 4.13. The molecule has 0 bridgehead atoms. The Balaban J connectivity index is 2.45. The number of pyridine rings is 1. The molecule has 0 fully saturated rings. The number of halogens is 3. The lowest BCUT2D eigenvalue weighted by Crippen LogP contribution is -2.02. The maximum absolute atomic E-state index is 13.7. The molecule has 0 unspecified atom stereocenters. The van der Waals surface area contributed by atoms with Gasteiger partial charge in [-0.15, -0.1) is 0 Å². The van der Waals surface area contributed by atoms with E-state index in [0.717, 1.165) is 17.2 Å². The quantitative estimate of drug-likeness (QED) is 0.908. The molecular formula is C14H13ClF2N2O. The van der Waals surface area contributed by atoms with Crippen LogP contribution in [-0.4, -0.2) is 12.0 Å². The average Bonchev–Trinajstić information content (AvgIpc) is 2.35. The lowest BCUT2D eigenvalue weighted by atomic mass is 10.1. The van der Waals surface area contributed by atoms with Crippen molar-refractivity contribution in [1.29, 1.82) is 0 Å². The first kappa shape index (κ1) is 14.5. The summed E-state index contributed by atoms with van der Waals surface area (Å²) in [6.07, 6.45) is 0. The van der Waals surface area contributed by atoms with Gasteiger partial charge in [0.2, 0.25) is 0 Å². The van der Waals surface area contributed by atoms with E-state index >= 15 is 0 Å². The average molecular weight is 299 g/mol. The predicted octanol–water partition coefficient (Wildman–Crippen LogP) is 4.46. The van der Waals surface area contributed by atoms with Crippen molar-refractivity contribution in [2.24, 2.45) is 0 Å². The van der Waals surface area contributed by atoms with E-state index in [0.29, 0.717) is 10.8 Å². The van der Waals surface area contributed by atoms with Crippen molar-refractivity contribution >= 4 is 17.4 Å². The van der Waals surface area contributed by atoms with Crippen LogP contribution in [0.4, 0.5) is 14.6 Å². The molecule has 0 aliphatic rings. The minimum Gasteiger partial charge on any atom is -0.436 e. The van der Waals surface area contributed by atoms with Crippen molar-refractivity contribution in [2.45, 2.75) is 13.8 Å². The molecule has 0 saturated heterocycles. The molecule has 6 heteroatoms. The third-order valence-electron chi connectivity index (χ3n) is 2.76. The van der Waals surface area contributed by atoms with Crippen molar-refractivity contribution < 1.29 is 13.5 Å². The van der Waals surface area contributed by atoms with Gasteiger partial charge in [0.25, 0.3) is 5.88 Å². The number of aromatic nitrogens is 1. The van der Waals surface area contributed by atoms with E-state index in [-0.39, 0.29) is 11.7 Å². The zero-order valence-corrected chi connectivity index (χ0v) is 12.0. The Bertz CT molecular complexity index is 639. The summed E-state index contributed by atoms with van der Waals surface area (Å²) in [7, 11) is 1.49. The molecule has 1 aromatic heterocycles. The summed E-state index contributed by atoms with van der Waals surface area (Å²) in [5.74, 6) is -1.55. The molecule has 0 spiro atoms. The summed E-state index contributed by atoms with van der Waals surface area (Å²) >= 11 is 5.92. The molecule has 0 amide bonds. The van der Waals surface area contributed by atoms with Gasteiger partial charge in [-0.1, -0.05) is 11.6 Å². The van der Waals surface area contributed by atoms with Gasteiger partial charge in [-0.2, -0.15) is 4.98 Å². The molecule has 2 rings (SSSR count). The fourth-order valence-corrected chi connectivity index (χ4v) is 2.18. The predicted molar refractivity (Wildman–Crippen MR) is 74.7 cm³/mol. The van der Waals surface area contributed by atoms with Gasteiger partial charge < -0.3 is 10.1 Å². The third kappa shape index (κ3) is 2.82. The van der Waals surface area contributed by atoms with Gasteiger partial charge >= 0.3 is 0 Å². The Morgan fingerprint density at radius 3 is 2.25 bits per heavy atom. The van der Waals surface area contributed by atoms with Gasteiger partial charge in [0.05, 0.1) is 0 Å². The van der Waals surface area contributed by atoms with Gasteiger partial charge in [-0.05, 0) is 37.1 Å². The van der Waals surface area contributed by atoms with Crippen LogP contribution in [0.25, 0.3) is 0 Å². The van der Waals surface area contributed by atoms with Crippen LogP contribution in [0.3, 0.4) is 0 Å². The zero-order chi connectivity index (χ0) is 14.9. The molecular weight excluding hydrogens is 286 g/mol. The molecule has 0 radical (unpaired) electrons. The fourth-order valence-electron chi connectivity index (χ4n) is 1.85. The molecule has 1 N–H and O–H groups in total. The number of aryl methyl sites for hydroxylation is 2. The van der Waals surface area contributed by atoms with Crippen LogP contribution in [0.2, 0.25) is 5.02 Å². The number of rotatable bonds is 3. The molecule has 0 aliphatic heterocycles. The van der Waals surface area contributed by atoms with Crippen LogP contribution < -0.4 is 10.1 Å². The molecule has 1 heterocycles.